The summed E-state index contributed by atoms with van der Waals surface area (Å²) in [6.07, 6.45) is 4.26. The Morgan fingerprint density at radius 1 is 1.30 bits per heavy atom. The number of anilines is 1. The van der Waals surface area contributed by atoms with E-state index in [4.69, 9.17) is 0 Å². The maximum atomic E-state index is 4.67. The van der Waals surface area contributed by atoms with Crippen molar-refractivity contribution in [1.29, 1.82) is 0 Å². The van der Waals surface area contributed by atoms with Crippen LogP contribution in [0.2, 0.25) is 0 Å². The Balaban J connectivity index is 1.81. The number of rotatable bonds is 4. The maximum absolute atomic E-state index is 4.67. The van der Waals surface area contributed by atoms with Crippen molar-refractivity contribution in [1.82, 2.24) is 20.3 Å². The largest absolute Gasteiger partial charge is 0.354 e. The maximum Gasteiger partial charge on any atom is 0.132 e. The number of pyridine rings is 1. The van der Waals surface area contributed by atoms with E-state index in [1.165, 1.54) is 18.4 Å². The van der Waals surface area contributed by atoms with Gasteiger partial charge in [0.05, 0.1) is 17.9 Å². The summed E-state index contributed by atoms with van der Waals surface area (Å²) in [5.74, 6) is 2.31. The number of aryl methyl sites for hydroxylation is 2. The zero-order valence-corrected chi connectivity index (χ0v) is 14.2. The fraction of sp³-hybridized carbons (Fsp3) is 0.500. The van der Waals surface area contributed by atoms with Gasteiger partial charge in [0, 0.05) is 31.8 Å². The van der Waals surface area contributed by atoms with Crippen LogP contribution < -0.4 is 10.2 Å². The molecule has 122 valence electrons. The van der Waals surface area contributed by atoms with Crippen LogP contribution in [0, 0.1) is 13.8 Å². The predicted octanol–water partition coefficient (Wildman–Crippen LogP) is 2.59. The van der Waals surface area contributed by atoms with Crippen LogP contribution in [-0.2, 0) is 6.54 Å². The van der Waals surface area contributed by atoms with Crippen molar-refractivity contribution in [2.75, 3.05) is 25.0 Å². The molecule has 3 heterocycles. The van der Waals surface area contributed by atoms with E-state index in [-0.39, 0.29) is 0 Å². The van der Waals surface area contributed by atoms with Gasteiger partial charge in [-0.1, -0.05) is 6.07 Å². The molecule has 1 N–H and O–H groups in total. The molecule has 0 bridgehead atoms. The Morgan fingerprint density at radius 3 is 2.91 bits per heavy atom. The first kappa shape index (κ1) is 15.9. The summed E-state index contributed by atoms with van der Waals surface area (Å²) in [5, 5.41) is 3.46. The van der Waals surface area contributed by atoms with Gasteiger partial charge in [0.1, 0.15) is 11.6 Å². The molecule has 0 aromatic carbocycles. The quantitative estimate of drug-likeness (QED) is 0.940. The molecule has 3 rings (SSSR count). The van der Waals surface area contributed by atoms with Crippen LogP contribution in [-0.4, -0.2) is 35.1 Å². The molecule has 1 fully saturated rings. The average Bonchev–Trinajstić information content (AvgIpc) is 2.57. The van der Waals surface area contributed by atoms with E-state index >= 15 is 0 Å². The minimum absolute atomic E-state index is 0.495. The average molecular weight is 311 g/mol. The Bertz CT molecular complexity index is 664. The molecule has 5 heteroatoms. The van der Waals surface area contributed by atoms with Crippen molar-refractivity contribution in [3.63, 3.8) is 0 Å². The van der Waals surface area contributed by atoms with Crippen molar-refractivity contribution >= 4 is 5.82 Å². The van der Waals surface area contributed by atoms with Crippen LogP contribution in [0.15, 0.2) is 24.4 Å². The highest BCUT2D eigenvalue weighted by Crippen LogP contribution is 2.24. The Morgan fingerprint density at radius 2 is 2.17 bits per heavy atom. The van der Waals surface area contributed by atoms with Gasteiger partial charge >= 0.3 is 0 Å². The number of hydrogen-bond donors (Lipinski definition) is 1. The summed E-state index contributed by atoms with van der Waals surface area (Å²) in [5.41, 5.74) is 3.46. The minimum Gasteiger partial charge on any atom is -0.354 e. The third-order valence-electron chi connectivity index (χ3n) is 4.46. The second-order valence-electron chi connectivity index (χ2n) is 6.36. The molecule has 1 aliphatic heterocycles. The van der Waals surface area contributed by atoms with Gasteiger partial charge in [-0.25, -0.2) is 9.97 Å². The Kier molecular flexibility index (Phi) is 4.86. The first-order chi connectivity index (χ1) is 11.1. The van der Waals surface area contributed by atoms with Crippen LogP contribution in [0.5, 0.6) is 0 Å². The lowest BCUT2D eigenvalue weighted by molar-refractivity contribution is 0.453. The van der Waals surface area contributed by atoms with Crippen molar-refractivity contribution in [3.8, 4) is 0 Å². The first-order valence-electron chi connectivity index (χ1n) is 8.31. The number of hydrogen-bond acceptors (Lipinski definition) is 5. The Labute approximate surface area is 138 Å². The van der Waals surface area contributed by atoms with Crippen molar-refractivity contribution in [3.05, 3.63) is 47.2 Å². The topological polar surface area (TPSA) is 53.9 Å². The second-order valence-corrected chi connectivity index (χ2v) is 6.36. The summed E-state index contributed by atoms with van der Waals surface area (Å²) in [4.78, 5) is 15.9. The highest BCUT2D eigenvalue weighted by molar-refractivity contribution is 5.41. The highest BCUT2D eigenvalue weighted by atomic mass is 15.2. The number of nitrogens with zero attached hydrogens (tertiary/aromatic N) is 4. The summed E-state index contributed by atoms with van der Waals surface area (Å²) in [6.45, 7) is 6.96. The molecule has 2 aromatic rings. The van der Waals surface area contributed by atoms with Gasteiger partial charge in [-0.2, -0.15) is 0 Å². The molecule has 0 radical (unpaired) electrons. The van der Waals surface area contributed by atoms with Crippen LogP contribution in [0.1, 0.15) is 41.5 Å². The van der Waals surface area contributed by atoms with Gasteiger partial charge in [0.15, 0.2) is 0 Å². The molecule has 1 atom stereocenters. The molecule has 23 heavy (non-hydrogen) atoms. The smallest absolute Gasteiger partial charge is 0.132 e. The molecule has 1 aliphatic rings. The highest BCUT2D eigenvalue weighted by Gasteiger charge is 2.18. The number of nitrogens with one attached hydrogen (secondary N) is 1. The normalized spacial score (nSPS) is 18.0. The van der Waals surface area contributed by atoms with E-state index in [1.807, 2.05) is 19.2 Å². The molecule has 1 saturated heterocycles. The van der Waals surface area contributed by atoms with Crippen LogP contribution in [0.4, 0.5) is 5.82 Å². The predicted molar refractivity (Wildman–Crippen MR) is 92.7 cm³/mol. The number of aromatic nitrogens is 3. The molecule has 0 amide bonds. The number of piperidine rings is 1. The van der Waals surface area contributed by atoms with E-state index in [0.29, 0.717) is 5.92 Å². The van der Waals surface area contributed by atoms with Gasteiger partial charge in [-0.15, -0.1) is 0 Å². The molecule has 0 saturated carbocycles. The van der Waals surface area contributed by atoms with E-state index in [2.05, 4.69) is 51.3 Å². The minimum atomic E-state index is 0.495. The molecule has 0 spiro atoms. The van der Waals surface area contributed by atoms with Crippen molar-refractivity contribution in [2.24, 2.45) is 0 Å². The molecule has 1 unspecified atom stereocenters. The fourth-order valence-corrected chi connectivity index (χ4v) is 3.07. The van der Waals surface area contributed by atoms with E-state index < -0.39 is 0 Å². The molecular weight excluding hydrogens is 286 g/mol. The Hall–Kier alpha value is -2.01. The lowest BCUT2D eigenvalue weighted by Gasteiger charge is -2.24. The summed E-state index contributed by atoms with van der Waals surface area (Å²) < 4.78 is 0. The summed E-state index contributed by atoms with van der Waals surface area (Å²) >= 11 is 0. The van der Waals surface area contributed by atoms with Gasteiger partial charge in [0.25, 0.3) is 0 Å². The summed E-state index contributed by atoms with van der Waals surface area (Å²) in [7, 11) is 2.07. The third-order valence-corrected chi connectivity index (χ3v) is 4.46. The van der Waals surface area contributed by atoms with Crippen molar-refractivity contribution in [2.45, 2.75) is 39.2 Å². The van der Waals surface area contributed by atoms with E-state index in [1.54, 1.807) is 0 Å². The van der Waals surface area contributed by atoms with E-state index in [9.17, 15) is 0 Å². The van der Waals surface area contributed by atoms with Gasteiger partial charge < -0.3 is 10.2 Å². The van der Waals surface area contributed by atoms with Crippen LogP contribution in [0.3, 0.4) is 0 Å². The van der Waals surface area contributed by atoms with Gasteiger partial charge in [0.2, 0.25) is 0 Å². The second kappa shape index (κ2) is 7.04. The standard InChI is InChI=1S/C18H25N5/c1-13-6-4-9-20-17(13)12-23(3)18-10-16(21-14(2)22-18)15-7-5-8-19-11-15/h4,6,9-10,15,19H,5,7-8,11-12H2,1-3H3. The third kappa shape index (κ3) is 3.85. The molecule has 2 aromatic heterocycles. The molecule has 0 aliphatic carbocycles. The van der Waals surface area contributed by atoms with Gasteiger partial charge in [-0.3, -0.25) is 4.98 Å². The van der Waals surface area contributed by atoms with Crippen LogP contribution in [0.25, 0.3) is 0 Å². The lowest BCUT2D eigenvalue weighted by atomic mass is 9.96. The zero-order chi connectivity index (χ0) is 16.2. The van der Waals surface area contributed by atoms with Crippen molar-refractivity contribution < 1.29 is 0 Å². The SMILES string of the molecule is Cc1nc(C2CCCNC2)cc(N(C)Cc2ncccc2C)n1. The van der Waals surface area contributed by atoms with Crippen LogP contribution >= 0.6 is 0 Å². The van der Waals surface area contributed by atoms with E-state index in [0.717, 1.165) is 42.7 Å². The first-order valence-corrected chi connectivity index (χ1v) is 8.31. The lowest BCUT2D eigenvalue weighted by Crippen LogP contribution is -2.29. The summed E-state index contributed by atoms with van der Waals surface area (Å²) in [6, 6.07) is 6.21. The zero-order valence-electron chi connectivity index (χ0n) is 14.2. The molecule has 5 nitrogen and oxygen atoms in total. The molecular formula is C18H25N5. The monoisotopic (exact) mass is 311 g/mol. The fourth-order valence-electron chi connectivity index (χ4n) is 3.07. The van der Waals surface area contributed by atoms with Gasteiger partial charge in [-0.05, 0) is 44.9 Å².